The van der Waals surface area contributed by atoms with Gasteiger partial charge in [-0.05, 0) is 35.5 Å². The summed E-state index contributed by atoms with van der Waals surface area (Å²) in [4.78, 5) is 13.1. The van der Waals surface area contributed by atoms with E-state index >= 15 is 0 Å². The van der Waals surface area contributed by atoms with E-state index in [0.717, 1.165) is 16.8 Å². The molecule has 0 heterocycles. The average Bonchev–Trinajstić information content (AvgIpc) is 2.74. The number of benzene rings is 3. The van der Waals surface area contributed by atoms with Crippen LogP contribution in [0.3, 0.4) is 0 Å². The Morgan fingerprint density at radius 1 is 0.966 bits per heavy atom. The molecule has 0 aromatic heterocycles. The van der Waals surface area contributed by atoms with Gasteiger partial charge in [0.05, 0.1) is 5.92 Å². The third kappa shape index (κ3) is 5.77. The van der Waals surface area contributed by atoms with Crippen LogP contribution in [0.1, 0.15) is 17.0 Å². The monoisotopic (exact) mass is 402 g/mol. The summed E-state index contributed by atoms with van der Waals surface area (Å²) in [6.07, 6.45) is 1.68. The van der Waals surface area contributed by atoms with Gasteiger partial charge in [-0.1, -0.05) is 79.4 Å². The van der Waals surface area contributed by atoms with Gasteiger partial charge in [-0.3, -0.25) is 4.79 Å². The number of thiocarbonyl (C=S) groups is 1. The van der Waals surface area contributed by atoms with E-state index in [0.29, 0.717) is 12.4 Å². The van der Waals surface area contributed by atoms with Crippen LogP contribution in [-0.2, 0) is 4.79 Å². The Kier molecular flexibility index (Phi) is 7.14. The van der Waals surface area contributed by atoms with Crippen LogP contribution >= 0.6 is 12.2 Å². The molecular formula is C24H22N2O2S. The van der Waals surface area contributed by atoms with Crippen molar-refractivity contribution in [2.45, 2.75) is 5.92 Å². The Hall–Kier alpha value is -3.44. The minimum absolute atomic E-state index is 0.195. The van der Waals surface area contributed by atoms with Crippen molar-refractivity contribution >= 4 is 28.9 Å². The summed E-state index contributed by atoms with van der Waals surface area (Å²) in [5.74, 6) is 0.0360. The van der Waals surface area contributed by atoms with E-state index in [1.54, 1.807) is 6.08 Å². The van der Waals surface area contributed by atoms with Crippen LogP contribution in [0.15, 0.2) is 97.6 Å². The fraction of sp³-hybridized carbons (Fsp3) is 0.0833. The summed E-state index contributed by atoms with van der Waals surface area (Å²) in [6, 6.07) is 26.7. The van der Waals surface area contributed by atoms with Crippen LogP contribution in [0.4, 0.5) is 5.69 Å². The van der Waals surface area contributed by atoms with Gasteiger partial charge in [-0.15, -0.1) is 0 Å². The van der Waals surface area contributed by atoms with Crippen molar-refractivity contribution in [1.29, 1.82) is 0 Å². The van der Waals surface area contributed by atoms with Crippen LogP contribution in [0, 0.1) is 0 Å². The first-order valence-electron chi connectivity index (χ1n) is 9.23. The second kappa shape index (κ2) is 10.2. The van der Waals surface area contributed by atoms with Gasteiger partial charge < -0.3 is 15.4 Å². The number of amides is 1. The lowest BCUT2D eigenvalue weighted by Gasteiger charge is -2.19. The Labute approximate surface area is 176 Å². The lowest BCUT2D eigenvalue weighted by molar-refractivity contribution is -0.120. The van der Waals surface area contributed by atoms with E-state index in [1.165, 1.54) is 0 Å². The smallest absolute Gasteiger partial charge is 0.238 e. The number of nitrogens with one attached hydrogen (secondary N) is 2. The summed E-state index contributed by atoms with van der Waals surface area (Å²) in [5, 5.41) is 6.08. The summed E-state index contributed by atoms with van der Waals surface area (Å²) >= 11 is 5.36. The maximum atomic E-state index is 13.1. The van der Waals surface area contributed by atoms with Gasteiger partial charge in [-0.25, -0.2) is 0 Å². The number of ether oxygens (including phenoxy) is 1. The molecule has 0 radical (unpaired) electrons. The van der Waals surface area contributed by atoms with Gasteiger partial charge >= 0.3 is 0 Å². The molecule has 0 saturated carbocycles. The third-order valence-corrected chi connectivity index (χ3v) is 4.43. The summed E-state index contributed by atoms with van der Waals surface area (Å²) in [5.41, 5.74) is 2.53. The molecule has 1 amide bonds. The maximum absolute atomic E-state index is 13.1. The van der Waals surface area contributed by atoms with Gasteiger partial charge in [0, 0.05) is 11.8 Å². The van der Waals surface area contributed by atoms with Crippen LogP contribution < -0.4 is 15.4 Å². The lowest BCUT2D eigenvalue weighted by Crippen LogP contribution is -2.37. The molecule has 5 heteroatoms. The Morgan fingerprint density at radius 3 is 2.17 bits per heavy atom. The fourth-order valence-electron chi connectivity index (χ4n) is 2.95. The third-order valence-electron chi connectivity index (χ3n) is 4.22. The van der Waals surface area contributed by atoms with E-state index in [9.17, 15) is 4.79 Å². The topological polar surface area (TPSA) is 50.4 Å². The van der Waals surface area contributed by atoms with E-state index in [2.05, 4.69) is 17.2 Å². The highest BCUT2D eigenvalue weighted by atomic mass is 32.1. The Bertz CT molecular complexity index is 935. The van der Waals surface area contributed by atoms with E-state index in [-0.39, 0.29) is 11.0 Å². The number of carbonyl (C=O) groups excluding carboxylic acids is 1. The SMILES string of the molecule is C=CCOc1cccc(NC(=S)NC(=O)C(c2ccccc2)c2ccccc2)c1. The van der Waals surface area contributed by atoms with Crippen LogP contribution in [-0.4, -0.2) is 17.6 Å². The largest absolute Gasteiger partial charge is 0.489 e. The average molecular weight is 403 g/mol. The molecule has 0 saturated heterocycles. The molecule has 0 bridgehead atoms. The minimum Gasteiger partial charge on any atom is -0.489 e. The molecule has 3 aromatic carbocycles. The zero-order valence-corrected chi connectivity index (χ0v) is 16.7. The second-order valence-electron chi connectivity index (χ2n) is 6.33. The van der Waals surface area contributed by atoms with Gasteiger partial charge in [0.25, 0.3) is 0 Å². The van der Waals surface area contributed by atoms with Gasteiger partial charge in [0.15, 0.2) is 5.11 Å². The quantitative estimate of drug-likeness (QED) is 0.436. The second-order valence-corrected chi connectivity index (χ2v) is 6.73. The van der Waals surface area contributed by atoms with Crippen LogP contribution in [0.2, 0.25) is 0 Å². The molecule has 0 atom stereocenters. The normalized spacial score (nSPS) is 10.2. The van der Waals surface area contributed by atoms with Crippen molar-refractivity contribution in [2.75, 3.05) is 11.9 Å². The first-order valence-corrected chi connectivity index (χ1v) is 9.63. The number of hydrogen-bond donors (Lipinski definition) is 2. The van der Waals surface area contributed by atoms with E-state index in [1.807, 2.05) is 84.9 Å². The molecule has 146 valence electrons. The molecule has 3 aromatic rings. The molecule has 0 unspecified atom stereocenters. The van der Waals surface area contributed by atoms with Crippen molar-refractivity contribution in [3.05, 3.63) is 109 Å². The molecule has 0 aliphatic rings. The molecule has 0 aliphatic carbocycles. The first kappa shape index (κ1) is 20.3. The molecule has 0 aliphatic heterocycles. The van der Waals surface area contributed by atoms with E-state index in [4.69, 9.17) is 17.0 Å². The van der Waals surface area contributed by atoms with E-state index < -0.39 is 5.92 Å². The predicted octanol–water partition coefficient (Wildman–Crippen LogP) is 4.90. The summed E-state index contributed by atoms with van der Waals surface area (Å²) in [7, 11) is 0. The van der Waals surface area contributed by atoms with Gasteiger partial charge in [0.2, 0.25) is 5.91 Å². The highest BCUT2D eigenvalue weighted by molar-refractivity contribution is 7.80. The molecule has 3 rings (SSSR count). The number of rotatable bonds is 7. The molecule has 0 spiro atoms. The number of carbonyl (C=O) groups is 1. The fourth-order valence-corrected chi connectivity index (χ4v) is 3.17. The van der Waals surface area contributed by atoms with Crippen molar-refractivity contribution in [3.8, 4) is 5.75 Å². The summed E-state index contributed by atoms with van der Waals surface area (Å²) < 4.78 is 5.52. The van der Waals surface area contributed by atoms with Gasteiger partial charge in [-0.2, -0.15) is 0 Å². The molecule has 2 N–H and O–H groups in total. The molecule has 0 fully saturated rings. The minimum atomic E-state index is -0.459. The highest BCUT2D eigenvalue weighted by Crippen LogP contribution is 2.25. The lowest BCUT2D eigenvalue weighted by atomic mass is 9.90. The highest BCUT2D eigenvalue weighted by Gasteiger charge is 2.23. The maximum Gasteiger partial charge on any atom is 0.238 e. The number of anilines is 1. The zero-order chi connectivity index (χ0) is 20.5. The molecule has 4 nitrogen and oxygen atoms in total. The molecule has 29 heavy (non-hydrogen) atoms. The van der Waals surface area contributed by atoms with Crippen molar-refractivity contribution in [3.63, 3.8) is 0 Å². The van der Waals surface area contributed by atoms with Crippen molar-refractivity contribution in [2.24, 2.45) is 0 Å². The van der Waals surface area contributed by atoms with Gasteiger partial charge in [0.1, 0.15) is 12.4 Å². The number of hydrogen-bond acceptors (Lipinski definition) is 3. The Balaban J connectivity index is 1.73. The predicted molar refractivity (Wildman–Crippen MR) is 121 cm³/mol. The zero-order valence-electron chi connectivity index (χ0n) is 15.9. The first-order chi connectivity index (χ1) is 14.2. The van der Waals surface area contributed by atoms with Crippen molar-refractivity contribution in [1.82, 2.24) is 5.32 Å². The summed E-state index contributed by atoms with van der Waals surface area (Å²) in [6.45, 7) is 4.05. The van der Waals surface area contributed by atoms with Crippen LogP contribution in [0.5, 0.6) is 5.75 Å². The van der Waals surface area contributed by atoms with Crippen molar-refractivity contribution < 1.29 is 9.53 Å². The Morgan fingerprint density at radius 2 is 1.59 bits per heavy atom. The standard InChI is InChI=1S/C24H22N2O2S/c1-2-16-28-21-15-9-14-20(17-21)25-24(29)26-23(27)22(18-10-5-3-6-11-18)19-12-7-4-8-13-19/h2-15,17,22H,1,16H2,(H2,25,26,27,29). The molecular weight excluding hydrogens is 380 g/mol. The van der Waals surface area contributed by atoms with Crippen LogP contribution in [0.25, 0.3) is 0 Å².